The maximum atomic E-state index is 12.6. The van der Waals surface area contributed by atoms with Gasteiger partial charge in [0, 0.05) is 26.1 Å². The predicted octanol–water partition coefficient (Wildman–Crippen LogP) is 0.637. The molecule has 1 N–H and O–H groups in total. The molecule has 1 fully saturated rings. The first kappa shape index (κ1) is 16.7. The van der Waals surface area contributed by atoms with E-state index in [1.54, 1.807) is 0 Å². The minimum absolute atomic E-state index is 0.0635. The first-order valence-corrected chi connectivity index (χ1v) is 8.33. The minimum atomic E-state index is -3.83. The molecule has 0 atom stereocenters. The lowest BCUT2D eigenvalue weighted by molar-refractivity contribution is -0.120. The Kier molecular flexibility index (Phi) is 5.05. The highest BCUT2D eigenvalue weighted by Gasteiger charge is 2.29. The highest BCUT2D eigenvalue weighted by Crippen LogP contribution is 2.26. The van der Waals surface area contributed by atoms with Crippen molar-refractivity contribution in [2.24, 2.45) is 0 Å². The normalized spacial score (nSPS) is 16.7. The number of esters is 1. The number of hydrogen-bond donors (Lipinski definition) is 1. The van der Waals surface area contributed by atoms with E-state index in [0.29, 0.717) is 0 Å². The van der Waals surface area contributed by atoms with Crippen LogP contribution < -0.4 is 5.32 Å². The Balaban J connectivity index is 2.33. The number of benzene rings is 1. The van der Waals surface area contributed by atoms with E-state index in [4.69, 9.17) is 11.6 Å². The number of sulfonamides is 1. The fourth-order valence-corrected chi connectivity index (χ4v) is 4.04. The summed E-state index contributed by atoms with van der Waals surface area (Å²) >= 11 is 6.01. The molecular formula is C13H15ClN2O5S. The molecule has 22 heavy (non-hydrogen) atoms. The maximum Gasteiger partial charge on any atom is 0.337 e. The highest BCUT2D eigenvalue weighted by molar-refractivity contribution is 7.89. The molecule has 1 aliphatic heterocycles. The van der Waals surface area contributed by atoms with Gasteiger partial charge in [0.05, 0.1) is 17.7 Å². The van der Waals surface area contributed by atoms with E-state index < -0.39 is 16.0 Å². The van der Waals surface area contributed by atoms with E-state index in [1.165, 1.54) is 29.6 Å². The van der Waals surface area contributed by atoms with E-state index in [9.17, 15) is 18.0 Å². The molecule has 0 unspecified atom stereocenters. The van der Waals surface area contributed by atoms with Crippen LogP contribution in [0.15, 0.2) is 23.1 Å². The smallest absolute Gasteiger partial charge is 0.337 e. The molecule has 9 heteroatoms. The van der Waals surface area contributed by atoms with Gasteiger partial charge in [-0.2, -0.15) is 4.31 Å². The van der Waals surface area contributed by atoms with Gasteiger partial charge in [0.25, 0.3) is 0 Å². The van der Waals surface area contributed by atoms with Crippen molar-refractivity contribution >= 4 is 33.5 Å². The first-order valence-electron chi connectivity index (χ1n) is 6.51. The summed E-state index contributed by atoms with van der Waals surface area (Å²) < 4.78 is 31.0. The zero-order valence-electron chi connectivity index (χ0n) is 11.8. The lowest BCUT2D eigenvalue weighted by atomic mass is 10.2. The monoisotopic (exact) mass is 346 g/mol. The van der Waals surface area contributed by atoms with Crippen LogP contribution in [-0.4, -0.2) is 51.3 Å². The number of nitrogens with zero attached hydrogens (tertiary/aromatic N) is 1. The summed E-state index contributed by atoms with van der Waals surface area (Å²) in [5.41, 5.74) is 0.166. The number of methoxy groups -OCH3 is 1. The van der Waals surface area contributed by atoms with Gasteiger partial charge >= 0.3 is 5.97 Å². The van der Waals surface area contributed by atoms with Crippen LogP contribution in [0, 0.1) is 0 Å². The molecule has 1 saturated heterocycles. The number of halogens is 1. The van der Waals surface area contributed by atoms with Gasteiger partial charge in [-0.1, -0.05) is 11.6 Å². The van der Waals surface area contributed by atoms with Crippen LogP contribution in [0.3, 0.4) is 0 Å². The van der Waals surface area contributed by atoms with E-state index >= 15 is 0 Å². The Labute approximate surface area is 133 Å². The van der Waals surface area contributed by atoms with Crippen molar-refractivity contribution in [3.05, 3.63) is 28.8 Å². The van der Waals surface area contributed by atoms with Crippen molar-refractivity contribution in [3.63, 3.8) is 0 Å². The Bertz CT molecular complexity index is 704. The van der Waals surface area contributed by atoms with Crippen LogP contribution in [0.2, 0.25) is 5.02 Å². The number of carbonyl (C=O) groups excluding carboxylic acids is 2. The molecule has 0 spiro atoms. The standard InChI is InChI=1S/C13H15ClN2O5S/c1-21-13(18)9-2-3-11(10(14)8-9)22(19,20)16-6-4-12(17)15-5-7-16/h2-3,8H,4-7H2,1H3,(H,15,17). The highest BCUT2D eigenvalue weighted by atomic mass is 35.5. The molecule has 120 valence electrons. The van der Waals surface area contributed by atoms with Gasteiger partial charge in [-0.25, -0.2) is 13.2 Å². The van der Waals surface area contributed by atoms with E-state index in [-0.39, 0.29) is 47.4 Å². The van der Waals surface area contributed by atoms with Gasteiger partial charge in [-0.05, 0) is 18.2 Å². The van der Waals surface area contributed by atoms with Crippen molar-refractivity contribution in [2.45, 2.75) is 11.3 Å². The quantitative estimate of drug-likeness (QED) is 0.811. The lowest BCUT2D eigenvalue weighted by Gasteiger charge is -2.20. The van der Waals surface area contributed by atoms with Gasteiger partial charge in [-0.3, -0.25) is 4.79 Å². The van der Waals surface area contributed by atoms with Crippen LogP contribution >= 0.6 is 11.6 Å². The van der Waals surface area contributed by atoms with E-state index in [1.807, 2.05) is 0 Å². The van der Waals surface area contributed by atoms with Gasteiger partial charge in [0.1, 0.15) is 4.90 Å². The first-order chi connectivity index (χ1) is 10.4. The lowest BCUT2D eigenvalue weighted by Crippen LogP contribution is -2.34. The molecule has 1 aromatic rings. The third-order valence-corrected chi connectivity index (χ3v) is 5.62. The fourth-order valence-electron chi connectivity index (χ4n) is 2.08. The molecule has 0 aliphatic carbocycles. The van der Waals surface area contributed by atoms with Crippen LogP contribution in [-0.2, 0) is 19.6 Å². The fraction of sp³-hybridized carbons (Fsp3) is 0.385. The molecule has 2 rings (SSSR count). The van der Waals surface area contributed by atoms with Crippen molar-refractivity contribution in [1.29, 1.82) is 0 Å². The van der Waals surface area contributed by atoms with Gasteiger partial charge in [-0.15, -0.1) is 0 Å². The SMILES string of the molecule is COC(=O)c1ccc(S(=O)(=O)N2CCNC(=O)CC2)c(Cl)c1. The second kappa shape index (κ2) is 6.64. The molecule has 0 radical (unpaired) electrons. The maximum absolute atomic E-state index is 12.6. The zero-order chi connectivity index (χ0) is 16.3. The summed E-state index contributed by atoms with van der Waals surface area (Å²) in [4.78, 5) is 22.6. The minimum Gasteiger partial charge on any atom is -0.465 e. The Hall–Kier alpha value is -1.64. The molecule has 1 amide bonds. The average Bonchev–Trinajstić information content (AvgIpc) is 2.71. The second-order valence-corrected chi connectivity index (χ2v) is 6.95. The third kappa shape index (κ3) is 3.40. The van der Waals surface area contributed by atoms with Crippen molar-refractivity contribution in [1.82, 2.24) is 9.62 Å². The number of hydrogen-bond acceptors (Lipinski definition) is 5. The summed E-state index contributed by atoms with van der Waals surface area (Å²) in [7, 11) is -2.61. The van der Waals surface area contributed by atoms with Crippen LogP contribution in [0.1, 0.15) is 16.8 Å². The van der Waals surface area contributed by atoms with Crippen molar-refractivity contribution in [3.8, 4) is 0 Å². The number of nitrogens with one attached hydrogen (secondary N) is 1. The summed E-state index contributed by atoms with van der Waals surface area (Å²) in [6.07, 6.45) is 0.0943. The van der Waals surface area contributed by atoms with Gasteiger partial charge < -0.3 is 10.1 Å². The van der Waals surface area contributed by atoms with Crippen LogP contribution in [0.5, 0.6) is 0 Å². The van der Waals surface area contributed by atoms with Crippen molar-refractivity contribution < 1.29 is 22.7 Å². The number of rotatable bonds is 3. The van der Waals surface area contributed by atoms with E-state index in [2.05, 4.69) is 10.1 Å². The Morgan fingerprint density at radius 2 is 2.09 bits per heavy atom. The summed E-state index contributed by atoms with van der Waals surface area (Å²) in [6, 6.07) is 3.86. The van der Waals surface area contributed by atoms with Crippen LogP contribution in [0.4, 0.5) is 0 Å². The summed E-state index contributed by atoms with van der Waals surface area (Å²) in [5, 5.41) is 2.54. The molecule has 1 aromatic carbocycles. The number of amides is 1. The van der Waals surface area contributed by atoms with Gasteiger partial charge in [0.2, 0.25) is 15.9 Å². The number of ether oxygens (including phenoxy) is 1. The summed E-state index contributed by atoms with van der Waals surface area (Å²) in [5.74, 6) is -0.791. The predicted molar refractivity (Wildman–Crippen MR) is 79.2 cm³/mol. The molecule has 1 aliphatic rings. The molecule has 0 bridgehead atoms. The van der Waals surface area contributed by atoms with Crippen LogP contribution in [0.25, 0.3) is 0 Å². The van der Waals surface area contributed by atoms with Gasteiger partial charge in [0.15, 0.2) is 0 Å². The van der Waals surface area contributed by atoms with Crippen molar-refractivity contribution in [2.75, 3.05) is 26.7 Å². The Morgan fingerprint density at radius 3 is 2.73 bits per heavy atom. The third-order valence-electron chi connectivity index (χ3n) is 3.24. The number of carbonyl (C=O) groups is 2. The largest absolute Gasteiger partial charge is 0.465 e. The topological polar surface area (TPSA) is 92.8 Å². The summed E-state index contributed by atoms with van der Waals surface area (Å²) in [6.45, 7) is 0.502. The zero-order valence-corrected chi connectivity index (χ0v) is 13.4. The second-order valence-electron chi connectivity index (χ2n) is 4.64. The molecule has 0 aromatic heterocycles. The molecule has 0 saturated carbocycles. The average molecular weight is 347 g/mol. The van der Waals surface area contributed by atoms with E-state index in [0.717, 1.165) is 0 Å². The molecule has 1 heterocycles. The molecule has 7 nitrogen and oxygen atoms in total. The Morgan fingerprint density at radius 1 is 1.36 bits per heavy atom. The molecular weight excluding hydrogens is 332 g/mol.